The third-order valence-electron chi connectivity index (χ3n) is 3.16. The van der Waals surface area contributed by atoms with E-state index in [0.29, 0.717) is 0 Å². The highest BCUT2D eigenvalue weighted by atomic mass is 19.4. The molecule has 6 nitrogen and oxygen atoms in total. The van der Waals surface area contributed by atoms with Gasteiger partial charge in [0.25, 0.3) is 11.6 Å². The number of carbonyl (C=O) groups excluding carboxylic acids is 1. The molecule has 0 radical (unpaired) electrons. The molecule has 0 saturated heterocycles. The number of hydrogen-bond donors (Lipinski definition) is 2. The van der Waals surface area contributed by atoms with Crippen molar-refractivity contribution in [1.29, 1.82) is 0 Å². The van der Waals surface area contributed by atoms with Crippen LogP contribution >= 0.6 is 0 Å². The van der Waals surface area contributed by atoms with Gasteiger partial charge in [-0.2, -0.15) is 18.9 Å². The molecule has 11 heteroatoms. The van der Waals surface area contributed by atoms with Gasteiger partial charge in [0.2, 0.25) is 0 Å². The van der Waals surface area contributed by atoms with Gasteiger partial charge in [-0.3, -0.25) is 4.79 Å². The number of aliphatic hydroxyl groups is 1. The number of alkyl halides is 5. The highest BCUT2D eigenvalue weighted by molar-refractivity contribution is 5.99. The minimum Gasteiger partial charge on any atom is -0.507 e. The summed E-state index contributed by atoms with van der Waals surface area (Å²) >= 11 is 0. The van der Waals surface area contributed by atoms with Crippen LogP contribution in [0.2, 0.25) is 0 Å². The summed E-state index contributed by atoms with van der Waals surface area (Å²) in [4.78, 5) is 12.3. The van der Waals surface area contributed by atoms with Crippen molar-refractivity contribution in [3.8, 4) is 5.75 Å². The smallest absolute Gasteiger partial charge is 0.507 e. The van der Waals surface area contributed by atoms with Crippen molar-refractivity contribution in [3.05, 3.63) is 29.8 Å². The summed E-state index contributed by atoms with van der Waals surface area (Å²) < 4.78 is 67.0. The molecule has 1 aliphatic heterocycles. The van der Waals surface area contributed by atoms with Gasteiger partial charge in [0.1, 0.15) is 5.75 Å². The van der Waals surface area contributed by atoms with Crippen LogP contribution in [0, 0.1) is 0 Å². The van der Waals surface area contributed by atoms with Crippen LogP contribution in [-0.4, -0.2) is 45.0 Å². The standard InChI is InChI=1S/C13H11F5N2O4/c1-7-6-11(23,12(14,15)24-13(16,17)18)20(19-7)10(22)8-4-2-3-5-9(8)21/h2-5,21,23H,6H2,1H3/t11-/m1/s1. The van der Waals surface area contributed by atoms with Crippen LogP contribution in [0.5, 0.6) is 5.75 Å². The Bertz CT molecular complexity index is 691. The van der Waals surface area contributed by atoms with Crippen LogP contribution in [0.25, 0.3) is 0 Å². The summed E-state index contributed by atoms with van der Waals surface area (Å²) in [6.07, 6.45) is -12.0. The summed E-state index contributed by atoms with van der Waals surface area (Å²) in [5.41, 5.74) is -4.46. The molecular formula is C13H11F5N2O4. The lowest BCUT2D eigenvalue weighted by Gasteiger charge is -2.36. The van der Waals surface area contributed by atoms with Crippen LogP contribution in [0.3, 0.4) is 0 Å². The van der Waals surface area contributed by atoms with E-state index in [1.54, 1.807) is 0 Å². The third kappa shape index (κ3) is 3.17. The second kappa shape index (κ2) is 5.67. The van der Waals surface area contributed by atoms with Crippen LogP contribution in [0.4, 0.5) is 22.0 Å². The Morgan fingerprint density at radius 3 is 2.42 bits per heavy atom. The average Bonchev–Trinajstić information content (AvgIpc) is 2.73. The number of nitrogens with zero attached hydrogens (tertiary/aromatic N) is 2. The lowest BCUT2D eigenvalue weighted by molar-refractivity contribution is -0.468. The quantitative estimate of drug-likeness (QED) is 0.817. The molecule has 0 unspecified atom stereocenters. The van der Waals surface area contributed by atoms with Crippen LogP contribution in [0.15, 0.2) is 29.4 Å². The highest BCUT2D eigenvalue weighted by Gasteiger charge is 2.66. The van der Waals surface area contributed by atoms with E-state index in [1.165, 1.54) is 12.1 Å². The molecule has 132 valence electrons. The zero-order valence-corrected chi connectivity index (χ0v) is 12.0. The lowest BCUT2D eigenvalue weighted by Crippen LogP contribution is -2.61. The molecule has 0 saturated carbocycles. The molecule has 24 heavy (non-hydrogen) atoms. The van der Waals surface area contributed by atoms with E-state index >= 15 is 0 Å². The van der Waals surface area contributed by atoms with Gasteiger partial charge in [0.15, 0.2) is 0 Å². The summed E-state index contributed by atoms with van der Waals surface area (Å²) in [6.45, 7) is 1.13. The molecule has 1 aliphatic rings. The molecule has 0 aliphatic carbocycles. The maximum atomic E-state index is 13.9. The summed E-state index contributed by atoms with van der Waals surface area (Å²) in [6, 6.07) is 4.70. The Labute approximate surface area is 131 Å². The van der Waals surface area contributed by atoms with Crippen LogP contribution in [-0.2, 0) is 4.74 Å². The van der Waals surface area contributed by atoms with Gasteiger partial charge < -0.3 is 10.2 Å². The molecule has 0 fully saturated rings. The van der Waals surface area contributed by atoms with E-state index in [-0.39, 0.29) is 10.7 Å². The minimum absolute atomic E-state index is 0.219. The van der Waals surface area contributed by atoms with Crippen molar-refractivity contribution in [2.24, 2.45) is 5.10 Å². The zero-order chi connectivity index (χ0) is 18.3. The fourth-order valence-electron chi connectivity index (χ4n) is 2.16. The topological polar surface area (TPSA) is 82.4 Å². The minimum atomic E-state index is -5.76. The first kappa shape index (κ1) is 18.1. The van der Waals surface area contributed by atoms with Crippen LogP contribution < -0.4 is 0 Å². The van der Waals surface area contributed by atoms with E-state index < -0.39 is 41.8 Å². The zero-order valence-electron chi connectivity index (χ0n) is 12.0. The fourth-order valence-corrected chi connectivity index (χ4v) is 2.16. The third-order valence-corrected chi connectivity index (χ3v) is 3.16. The molecule has 2 rings (SSSR count). The average molecular weight is 354 g/mol. The number of rotatable bonds is 3. The van der Waals surface area contributed by atoms with Crippen molar-refractivity contribution < 1.29 is 41.7 Å². The van der Waals surface area contributed by atoms with Crippen molar-refractivity contribution in [3.63, 3.8) is 0 Å². The maximum absolute atomic E-state index is 13.9. The second-order valence-electron chi connectivity index (χ2n) is 5.03. The predicted octanol–water partition coefficient (Wildman–Crippen LogP) is 2.43. The Morgan fingerprint density at radius 2 is 1.88 bits per heavy atom. The number of ether oxygens (including phenoxy) is 1. The summed E-state index contributed by atoms with van der Waals surface area (Å²) in [7, 11) is 0. The number of phenolic OH excluding ortho intramolecular Hbond substituents is 1. The number of para-hydroxylation sites is 1. The Kier molecular flexibility index (Phi) is 4.27. The Balaban J connectivity index is 2.44. The fraction of sp³-hybridized carbons (Fsp3) is 0.385. The van der Waals surface area contributed by atoms with Crippen molar-refractivity contribution in [2.45, 2.75) is 31.5 Å². The van der Waals surface area contributed by atoms with Crippen molar-refractivity contribution in [1.82, 2.24) is 5.01 Å². The summed E-state index contributed by atoms with van der Waals surface area (Å²) in [5, 5.41) is 22.8. The molecule has 1 amide bonds. The van der Waals surface area contributed by atoms with Gasteiger partial charge in [-0.25, -0.2) is 4.74 Å². The molecule has 1 heterocycles. The first-order valence-electron chi connectivity index (χ1n) is 6.41. The monoisotopic (exact) mass is 354 g/mol. The van der Waals surface area contributed by atoms with Crippen molar-refractivity contribution in [2.75, 3.05) is 0 Å². The molecule has 1 aromatic carbocycles. The van der Waals surface area contributed by atoms with E-state index in [9.17, 15) is 37.0 Å². The predicted molar refractivity (Wildman–Crippen MR) is 69.0 cm³/mol. The summed E-state index contributed by atoms with van der Waals surface area (Å²) in [5.74, 6) is -2.04. The number of hydrogen-bond acceptors (Lipinski definition) is 5. The number of carbonyl (C=O) groups is 1. The SMILES string of the molecule is CC1=NN(C(=O)c2ccccc2O)[C@](O)(C(F)(F)OC(F)(F)F)C1. The second-order valence-corrected chi connectivity index (χ2v) is 5.03. The van der Waals surface area contributed by atoms with Gasteiger partial charge in [-0.15, -0.1) is 13.2 Å². The van der Waals surface area contributed by atoms with E-state index in [4.69, 9.17) is 0 Å². The first-order valence-corrected chi connectivity index (χ1v) is 6.41. The lowest BCUT2D eigenvalue weighted by atomic mass is 10.1. The van der Waals surface area contributed by atoms with E-state index in [1.807, 2.05) is 0 Å². The van der Waals surface area contributed by atoms with E-state index in [2.05, 4.69) is 9.84 Å². The number of amides is 1. The largest absolute Gasteiger partial charge is 0.527 e. The number of phenols is 1. The van der Waals surface area contributed by atoms with Gasteiger partial charge in [0.05, 0.1) is 5.56 Å². The molecule has 0 spiro atoms. The molecule has 0 bridgehead atoms. The van der Waals surface area contributed by atoms with Gasteiger partial charge in [-0.1, -0.05) is 12.1 Å². The normalized spacial score (nSPS) is 21.8. The van der Waals surface area contributed by atoms with E-state index in [0.717, 1.165) is 19.1 Å². The number of benzene rings is 1. The number of aromatic hydroxyl groups is 1. The number of halogens is 5. The molecule has 1 atom stereocenters. The van der Waals surface area contributed by atoms with Crippen molar-refractivity contribution >= 4 is 11.6 Å². The van der Waals surface area contributed by atoms with Crippen LogP contribution in [0.1, 0.15) is 23.7 Å². The molecule has 1 aromatic rings. The Morgan fingerprint density at radius 1 is 1.29 bits per heavy atom. The van der Waals surface area contributed by atoms with Gasteiger partial charge in [-0.05, 0) is 19.1 Å². The molecule has 2 N–H and O–H groups in total. The number of hydrazone groups is 1. The van der Waals surface area contributed by atoms with Gasteiger partial charge >= 0.3 is 12.5 Å². The Hall–Kier alpha value is -2.27. The highest BCUT2D eigenvalue weighted by Crippen LogP contribution is 2.44. The molecular weight excluding hydrogens is 343 g/mol. The maximum Gasteiger partial charge on any atom is 0.527 e. The first-order chi connectivity index (χ1) is 10.9. The molecule has 0 aromatic heterocycles. The van der Waals surface area contributed by atoms with Gasteiger partial charge in [0, 0.05) is 12.1 Å².